The van der Waals surface area contributed by atoms with E-state index in [0.29, 0.717) is 11.3 Å². The number of hydrogen-bond acceptors (Lipinski definition) is 5. The summed E-state index contributed by atoms with van der Waals surface area (Å²) in [6.45, 7) is 3.91. The van der Waals surface area contributed by atoms with Crippen molar-refractivity contribution in [3.8, 4) is 0 Å². The van der Waals surface area contributed by atoms with Gasteiger partial charge in [-0.3, -0.25) is 4.79 Å². The summed E-state index contributed by atoms with van der Waals surface area (Å²) in [5.41, 5.74) is 2.88. The molecule has 2 aromatic rings. The predicted molar refractivity (Wildman–Crippen MR) is 93.1 cm³/mol. The Labute approximate surface area is 140 Å². The van der Waals surface area contributed by atoms with Crippen molar-refractivity contribution < 1.29 is 14.3 Å². The minimum absolute atomic E-state index is 0.0852. The van der Waals surface area contributed by atoms with Crippen molar-refractivity contribution in [2.75, 3.05) is 11.9 Å². The van der Waals surface area contributed by atoms with E-state index in [0.717, 1.165) is 11.3 Å². The lowest BCUT2D eigenvalue weighted by molar-refractivity contribution is -0.135. The molecule has 0 aromatic heterocycles. The summed E-state index contributed by atoms with van der Waals surface area (Å²) in [7, 11) is 0. The largest absolute Gasteiger partial charge is 0.461 e. The van der Waals surface area contributed by atoms with Crippen molar-refractivity contribution >= 4 is 28.8 Å². The molecule has 1 aliphatic heterocycles. The number of carbonyl (C=O) groups excluding carboxylic acids is 2. The molecule has 1 N–H and O–H groups in total. The number of ketones is 1. The fraction of sp³-hybridized carbons (Fsp3) is 0.211. The Morgan fingerprint density at radius 1 is 1.21 bits per heavy atom. The van der Waals surface area contributed by atoms with Crippen LogP contribution in [0.3, 0.4) is 0 Å². The van der Waals surface area contributed by atoms with Crippen LogP contribution in [-0.4, -0.2) is 30.1 Å². The van der Waals surface area contributed by atoms with Gasteiger partial charge in [-0.15, -0.1) is 0 Å². The van der Waals surface area contributed by atoms with E-state index in [4.69, 9.17) is 4.74 Å². The third-order valence-electron chi connectivity index (χ3n) is 3.76. The van der Waals surface area contributed by atoms with E-state index in [2.05, 4.69) is 10.3 Å². The highest BCUT2D eigenvalue weighted by molar-refractivity contribution is 6.46. The monoisotopic (exact) mass is 322 g/mol. The van der Waals surface area contributed by atoms with E-state index in [1.807, 2.05) is 31.2 Å². The highest BCUT2D eigenvalue weighted by atomic mass is 16.5. The Morgan fingerprint density at radius 2 is 2.00 bits per heavy atom. The second-order valence-corrected chi connectivity index (χ2v) is 5.55. The molecule has 1 atom stereocenters. The summed E-state index contributed by atoms with van der Waals surface area (Å²) in [4.78, 5) is 29.5. The van der Waals surface area contributed by atoms with Crippen LogP contribution in [0.1, 0.15) is 22.8 Å². The smallest absolute Gasteiger partial charge is 0.355 e. The zero-order valence-electron chi connectivity index (χ0n) is 13.6. The highest BCUT2D eigenvalue weighted by Crippen LogP contribution is 2.27. The standard InChI is InChI=1S/C19H18N2O3/c1-3-24-19(23)17-16(20-13-8-6-7-12(2)11-13)18(22)14-9-4-5-10-15(14)21-17/h4-11,16,20H,3H2,1-2H3. The lowest BCUT2D eigenvalue weighted by Gasteiger charge is -2.24. The van der Waals surface area contributed by atoms with Gasteiger partial charge >= 0.3 is 5.97 Å². The van der Waals surface area contributed by atoms with E-state index in [-0.39, 0.29) is 18.1 Å². The van der Waals surface area contributed by atoms with Gasteiger partial charge < -0.3 is 10.1 Å². The third kappa shape index (κ3) is 3.06. The van der Waals surface area contributed by atoms with Crippen molar-refractivity contribution in [1.29, 1.82) is 0 Å². The Kier molecular flexibility index (Phi) is 4.42. The van der Waals surface area contributed by atoms with Gasteiger partial charge in [-0.25, -0.2) is 9.79 Å². The molecule has 24 heavy (non-hydrogen) atoms. The van der Waals surface area contributed by atoms with Crippen LogP contribution in [0.2, 0.25) is 0 Å². The summed E-state index contributed by atoms with van der Waals surface area (Å²) >= 11 is 0. The molecule has 0 amide bonds. The van der Waals surface area contributed by atoms with Crippen molar-refractivity contribution in [1.82, 2.24) is 0 Å². The van der Waals surface area contributed by atoms with Crippen molar-refractivity contribution in [3.05, 3.63) is 59.7 Å². The Bertz CT molecular complexity index is 827. The fourth-order valence-corrected chi connectivity index (χ4v) is 2.66. The van der Waals surface area contributed by atoms with Crippen molar-refractivity contribution in [2.24, 2.45) is 4.99 Å². The summed E-state index contributed by atoms with van der Waals surface area (Å²) in [6, 6.07) is 13.8. The average Bonchev–Trinajstić information content (AvgIpc) is 2.57. The van der Waals surface area contributed by atoms with Gasteiger partial charge in [0.25, 0.3) is 0 Å². The zero-order valence-corrected chi connectivity index (χ0v) is 13.6. The first-order chi connectivity index (χ1) is 11.6. The zero-order chi connectivity index (χ0) is 17.1. The molecule has 0 saturated carbocycles. The van der Waals surface area contributed by atoms with E-state index < -0.39 is 12.0 Å². The van der Waals surface area contributed by atoms with E-state index in [9.17, 15) is 9.59 Å². The van der Waals surface area contributed by atoms with E-state index in [1.54, 1.807) is 31.2 Å². The Balaban J connectivity index is 2.01. The summed E-state index contributed by atoms with van der Waals surface area (Å²) in [5.74, 6) is -0.768. The first kappa shape index (κ1) is 15.9. The SMILES string of the molecule is CCOC(=O)C1=Nc2ccccc2C(=O)C1Nc1cccc(C)c1. The van der Waals surface area contributed by atoms with Crippen LogP contribution in [0.5, 0.6) is 0 Å². The Morgan fingerprint density at radius 3 is 2.75 bits per heavy atom. The fourth-order valence-electron chi connectivity index (χ4n) is 2.66. The van der Waals surface area contributed by atoms with Gasteiger partial charge in [-0.1, -0.05) is 24.3 Å². The van der Waals surface area contributed by atoms with Gasteiger partial charge in [-0.2, -0.15) is 0 Å². The average molecular weight is 322 g/mol. The van der Waals surface area contributed by atoms with Crippen molar-refractivity contribution in [3.63, 3.8) is 0 Å². The van der Waals surface area contributed by atoms with E-state index >= 15 is 0 Å². The molecule has 1 unspecified atom stereocenters. The molecule has 0 saturated heterocycles. The summed E-state index contributed by atoms with van der Waals surface area (Å²) < 4.78 is 5.07. The van der Waals surface area contributed by atoms with Gasteiger partial charge in [-0.05, 0) is 43.7 Å². The molecule has 1 heterocycles. The van der Waals surface area contributed by atoms with E-state index in [1.165, 1.54) is 0 Å². The molecule has 3 rings (SSSR count). The molecule has 5 nitrogen and oxygen atoms in total. The third-order valence-corrected chi connectivity index (χ3v) is 3.76. The maximum absolute atomic E-state index is 12.9. The van der Waals surface area contributed by atoms with Crippen LogP contribution in [-0.2, 0) is 9.53 Å². The molecule has 0 spiro atoms. The maximum Gasteiger partial charge on any atom is 0.355 e. The number of aliphatic imine (C=N–C) groups is 1. The number of fused-ring (bicyclic) bond motifs is 1. The lowest BCUT2D eigenvalue weighted by atomic mass is 9.94. The molecular weight excluding hydrogens is 304 g/mol. The van der Waals surface area contributed by atoms with Crippen LogP contribution < -0.4 is 5.32 Å². The molecule has 0 radical (unpaired) electrons. The van der Waals surface area contributed by atoms with Gasteiger partial charge in [0.1, 0.15) is 6.04 Å². The second-order valence-electron chi connectivity index (χ2n) is 5.55. The first-order valence-electron chi connectivity index (χ1n) is 7.82. The number of nitrogens with zero attached hydrogens (tertiary/aromatic N) is 1. The molecule has 0 aliphatic carbocycles. The molecule has 0 bridgehead atoms. The van der Waals surface area contributed by atoms with Gasteiger partial charge in [0.05, 0.1) is 12.3 Å². The number of benzene rings is 2. The quantitative estimate of drug-likeness (QED) is 0.877. The number of para-hydroxylation sites is 1. The van der Waals surface area contributed by atoms with Gasteiger partial charge in [0.2, 0.25) is 0 Å². The number of ether oxygens (including phenoxy) is 1. The number of hydrogen-bond donors (Lipinski definition) is 1. The molecule has 0 fully saturated rings. The number of rotatable bonds is 4. The number of anilines is 1. The van der Waals surface area contributed by atoms with Crippen LogP contribution in [0.4, 0.5) is 11.4 Å². The molecule has 122 valence electrons. The molecule has 1 aliphatic rings. The first-order valence-corrected chi connectivity index (χ1v) is 7.82. The maximum atomic E-state index is 12.9. The minimum atomic E-state index is -0.860. The van der Waals surface area contributed by atoms with Crippen LogP contribution in [0, 0.1) is 6.92 Å². The second kappa shape index (κ2) is 6.66. The predicted octanol–water partition coefficient (Wildman–Crippen LogP) is 3.31. The number of aryl methyl sites for hydroxylation is 1. The molecule has 2 aromatic carbocycles. The number of carbonyl (C=O) groups is 2. The van der Waals surface area contributed by atoms with Gasteiger partial charge in [0.15, 0.2) is 11.5 Å². The Hall–Kier alpha value is -2.95. The number of Topliss-reactive ketones (excluding diaryl/α,β-unsaturated/α-hetero) is 1. The lowest BCUT2D eigenvalue weighted by Crippen LogP contribution is -2.44. The summed E-state index contributed by atoms with van der Waals surface area (Å²) in [6.07, 6.45) is 0. The molecular formula is C19H18N2O3. The molecule has 5 heteroatoms. The minimum Gasteiger partial charge on any atom is -0.461 e. The van der Waals surface area contributed by atoms with Gasteiger partial charge in [0, 0.05) is 11.3 Å². The van der Waals surface area contributed by atoms with Crippen LogP contribution in [0.25, 0.3) is 0 Å². The highest BCUT2D eigenvalue weighted by Gasteiger charge is 2.36. The topological polar surface area (TPSA) is 67.8 Å². The van der Waals surface area contributed by atoms with Crippen molar-refractivity contribution in [2.45, 2.75) is 19.9 Å². The van der Waals surface area contributed by atoms with Crippen LogP contribution in [0.15, 0.2) is 53.5 Å². The van der Waals surface area contributed by atoms with Crippen LogP contribution >= 0.6 is 0 Å². The number of nitrogens with one attached hydrogen (secondary N) is 1. The summed E-state index contributed by atoms with van der Waals surface area (Å²) in [5, 5.41) is 3.12. The normalized spacial score (nSPS) is 16.2. The number of esters is 1.